The maximum Gasteiger partial charge on any atom is 0.130 e. The number of imidazole rings is 1. The van der Waals surface area contributed by atoms with Gasteiger partial charge in [0.1, 0.15) is 17.5 Å². The summed E-state index contributed by atoms with van der Waals surface area (Å²) in [6, 6.07) is 3.55. The number of halogens is 2. The van der Waals surface area contributed by atoms with Crippen LogP contribution in [0.1, 0.15) is 37.7 Å². The molecule has 0 radical (unpaired) electrons. The number of likely N-dealkylation sites (N-methyl/N-ethyl adjacent to an activating group) is 1. The SMILES string of the molecule is CCCn1ccnc1CC(NCC)c1c(F)cccc1F. The molecular formula is C16H21F2N3. The number of hydrogen-bond acceptors (Lipinski definition) is 2. The molecule has 0 spiro atoms. The molecule has 1 aromatic carbocycles. The Morgan fingerprint density at radius 1 is 1.24 bits per heavy atom. The summed E-state index contributed by atoms with van der Waals surface area (Å²) in [4.78, 5) is 4.32. The standard InChI is InChI=1S/C16H21F2N3/c1-3-9-21-10-8-20-15(21)11-14(19-4-2)16-12(17)6-5-7-13(16)18/h5-8,10,14,19H,3-4,9,11H2,1-2H3. The smallest absolute Gasteiger partial charge is 0.130 e. The number of nitrogens with one attached hydrogen (secondary N) is 1. The van der Waals surface area contributed by atoms with Gasteiger partial charge in [-0.3, -0.25) is 0 Å². The molecule has 2 rings (SSSR count). The van der Waals surface area contributed by atoms with Crippen LogP contribution in [-0.4, -0.2) is 16.1 Å². The number of benzene rings is 1. The van der Waals surface area contributed by atoms with E-state index in [0.717, 1.165) is 18.8 Å². The third-order valence-corrected chi connectivity index (χ3v) is 3.45. The number of rotatable bonds is 7. The fourth-order valence-corrected chi connectivity index (χ4v) is 2.52. The van der Waals surface area contributed by atoms with Crippen LogP contribution in [0.5, 0.6) is 0 Å². The zero-order valence-electron chi connectivity index (χ0n) is 12.4. The van der Waals surface area contributed by atoms with Crippen LogP contribution in [0, 0.1) is 11.6 Å². The summed E-state index contributed by atoms with van der Waals surface area (Å²) in [5.41, 5.74) is 0.0883. The highest BCUT2D eigenvalue weighted by Crippen LogP contribution is 2.23. The van der Waals surface area contributed by atoms with Gasteiger partial charge >= 0.3 is 0 Å². The first-order valence-electron chi connectivity index (χ1n) is 7.34. The summed E-state index contributed by atoms with van der Waals surface area (Å²) < 4.78 is 30.0. The largest absolute Gasteiger partial charge is 0.335 e. The molecule has 21 heavy (non-hydrogen) atoms. The molecular weight excluding hydrogens is 272 g/mol. The van der Waals surface area contributed by atoms with Crippen molar-refractivity contribution in [1.82, 2.24) is 14.9 Å². The van der Waals surface area contributed by atoms with Gasteiger partial charge in [-0.1, -0.05) is 19.9 Å². The third kappa shape index (κ3) is 3.67. The van der Waals surface area contributed by atoms with Crippen LogP contribution in [0.15, 0.2) is 30.6 Å². The van der Waals surface area contributed by atoms with Crippen LogP contribution >= 0.6 is 0 Å². The van der Waals surface area contributed by atoms with Crippen molar-refractivity contribution >= 4 is 0 Å². The van der Waals surface area contributed by atoms with E-state index >= 15 is 0 Å². The highest BCUT2D eigenvalue weighted by atomic mass is 19.1. The highest BCUT2D eigenvalue weighted by Gasteiger charge is 2.21. The Hall–Kier alpha value is -1.75. The fraction of sp³-hybridized carbons (Fsp3) is 0.438. The van der Waals surface area contributed by atoms with Crippen molar-refractivity contribution in [3.8, 4) is 0 Å². The summed E-state index contributed by atoms with van der Waals surface area (Å²) in [5, 5.41) is 3.15. The first-order valence-corrected chi connectivity index (χ1v) is 7.34. The molecule has 0 aliphatic rings. The van der Waals surface area contributed by atoms with E-state index in [9.17, 15) is 8.78 Å². The Labute approximate surface area is 124 Å². The normalized spacial score (nSPS) is 12.6. The van der Waals surface area contributed by atoms with Crippen LogP contribution in [0.3, 0.4) is 0 Å². The average molecular weight is 293 g/mol. The molecule has 0 fully saturated rings. The van der Waals surface area contributed by atoms with Crippen molar-refractivity contribution in [1.29, 1.82) is 0 Å². The fourth-order valence-electron chi connectivity index (χ4n) is 2.52. The van der Waals surface area contributed by atoms with Crippen molar-refractivity contribution in [2.45, 2.75) is 39.3 Å². The van der Waals surface area contributed by atoms with E-state index in [4.69, 9.17) is 0 Å². The van der Waals surface area contributed by atoms with Gasteiger partial charge in [0, 0.05) is 37.0 Å². The van der Waals surface area contributed by atoms with Crippen molar-refractivity contribution in [3.05, 3.63) is 53.6 Å². The lowest BCUT2D eigenvalue weighted by Gasteiger charge is -2.20. The van der Waals surface area contributed by atoms with E-state index in [0.29, 0.717) is 13.0 Å². The quantitative estimate of drug-likeness (QED) is 0.847. The van der Waals surface area contributed by atoms with Crippen LogP contribution in [0.25, 0.3) is 0 Å². The minimum atomic E-state index is -0.519. The molecule has 1 aromatic heterocycles. The third-order valence-electron chi connectivity index (χ3n) is 3.45. The lowest BCUT2D eigenvalue weighted by molar-refractivity contribution is 0.459. The topological polar surface area (TPSA) is 29.9 Å². The van der Waals surface area contributed by atoms with Gasteiger partial charge in [0.05, 0.1) is 0 Å². The molecule has 1 heterocycles. The van der Waals surface area contributed by atoms with Gasteiger partial charge in [-0.15, -0.1) is 0 Å². The number of hydrogen-bond donors (Lipinski definition) is 1. The van der Waals surface area contributed by atoms with Gasteiger partial charge in [-0.2, -0.15) is 0 Å². The number of aromatic nitrogens is 2. The predicted molar refractivity (Wildman–Crippen MR) is 79.0 cm³/mol. The Bertz CT molecular complexity index is 560. The summed E-state index contributed by atoms with van der Waals surface area (Å²) >= 11 is 0. The van der Waals surface area contributed by atoms with Crippen LogP contribution in [0.2, 0.25) is 0 Å². The predicted octanol–water partition coefficient (Wildman–Crippen LogP) is 3.46. The zero-order valence-corrected chi connectivity index (χ0v) is 12.4. The minimum absolute atomic E-state index is 0.0883. The van der Waals surface area contributed by atoms with Crippen molar-refractivity contribution in [2.75, 3.05) is 6.54 Å². The molecule has 0 amide bonds. The molecule has 0 saturated carbocycles. The van der Waals surface area contributed by atoms with E-state index < -0.39 is 17.7 Å². The Kier molecular flexibility index (Phi) is 5.44. The number of nitrogens with zero attached hydrogens (tertiary/aromatic N) is 2. The zero-order chi connectivity index (χ0) is 15.2. The summed E-state index contributed by atoms with van der Waals surface area (Å²) in [6.07, 6.45) is 5.08. The summed E-state index contributed by atoms with van der Waals surface area (Å²) in [5.74, 6) is -0.199. The monoisotopic (exact) mass is 293 g/mol. The summed E-state index contributed by atoms with van der Waals surface area (Å²) in [6.45, 7) is 5.49. The van der Waals surface area contributed by atoms with Gasteiger partial charge < -0.3 is 9.88 Å². The first-order chi connectivity index (χ1) is 10.2. The van der Waals surface area contributed by atoms with Gasteiger partial charge in [-0.05, 0) is 25.1 Å². The lowest BCUT2D eigenvalue weighted by atomic mass is 10.0. The molecule has 0 saturated heterocycles. The van der Waals surface area contributed by atoms with E-state index in [1.807, 2.05) is 17.7 Å². The summed E-state index contributed by atoms with van der Waals surface area (Å²) in [7, 11) is 0. The van der Waals surface area contributed by atoms with Crippen LogP contribution in [-0.2, 0) is 13.0 Å². The molecule has 3 nitrogen and oxygen atoms in total. The minimum Gasteiger partial charge on any atom is -0.335 e. The molecule has 1 atom stereocenters. The van der Waals surface area contributed by atoms with Crippen molar-refractivity contribution in [2.24, 2.45) is 0 Å². The Morgan fingerprint density at radius 2 is 1.95 bits per heavy atom. The molecule has 114 valence electrons. The molecule has 5 heteroatoms. The second-order valence-electron chi connectivity index (χ2n) is 4.99. The van der Waals surface area contributed by atoms with Crippen LogP contribution < -0.4 is 5.32 Å². The lowest BCUT2D eigenvalue weighted by Crippen LogP contribution is -2.26. The molecule has 0 aliphatic heterocycles. The molecule has 2 aromatic rings. The number of aryl methyl sites for hydroxylation is 1. The van der Waals surface area contributed by atoms with E-state index in [1.54, 1.807) is 6.20 Å². The van der Waals surface area contributed by atoms with Crippen molar-refractivity contribution < 1.29 is 8.78 Å². The van der Waals surface area contributed by atoms with E-state index in [2.05, 4.69) is 17.2 Å². The molecule has 0 bridgehead atoms. The van der Waals surface area contributed by atoms with Gasteiger partial charge in [0.15, 0.2) is 0 Å². The molecule has 0 aliphatic carbocycles. The molecule has 1 unspecified atom stereocenters. The van der Waals surface area contributed by atoms with Crippen molar-refractivity contribution in [3.63, 3.8) is 0 Å². The van der Waals surface area contributed by atoms with Gasteiger partial charge in [0.2, 0.25) is 0 Å². The first kappa shape index (κ1) is 15.6. The van der Waals surface area contributed by atoms with Gasteiger partial charge in [0.25, 0.3) is 0 Å². The van der Waals surface area contributed by atoms with E-state index in [1.165, 1.54) is 18.2 Å². The second kappa shape index (κ2) is 7.31. The Morgan fingerprint density at radius 3 is 2.57 bits per heavy atom. The van der Waals surface area contributed by atoms with Crippen LogP contribution in [0.4, 0.5) is 8.78 Å². The second-order valence-corrected chi connectivity index (χ2v) is 4.99. The van der Waals surface area contributed by atoms with Gasteiger partial charge in [-0.25, -0.2) is 13.8 Å². The molecule has 1 N–H and O–H groups in total. The average Bonchev–Trinajstić information content (AvgIpc) is 2.86. The maximum atomic E-state index is 14.0. The maximum absolute atomic E-state index is 14.0. The van der Waals surface area contributed by atoms with E-state index in [-0.39, 0.29) is 5.56 Å². The Balaban J connectivity index is 2.29. The highest BCUT2D eigenvalue weighted by molar-refractivity contribution is 5.24.